The van der Waals surface area contributed by atoms with Crippen LogP contribution in [0.5, 0.6) is 0 Å². The number of ether oxygens (including phenoxy) is 1. The van der Waals surface area contributed by atoms with Gasteiger partial charge in [0.15, 0.2) is 0 Å². The number of fused-ring (bicyclic) bond motifs is 3. The smallest absolute Gasteiger partial charge is 0.134 e. The standard InChI is InChI=1S/C15H21N3O/c1-2-3-12-11-7-16-8-13(11)18-15(17-12)10-6-9-4-5-14(10)19-9/h9-10,14,16H,2-8H2,1H3. The van der Waals surface area contributed by atoms with E-state index in [0.717, 1.165) is 38.2 Å². The third kappa shape index (κ3) is 1.89. The maximum atomic E-state index is 5.96. The molecule has 0 saturated carbocycles. The summed E-state index contributed by atoms with van der Waals surface area (Å²) < 4.78 is 5.96. The first-order valence-electron chi connectivity index (χ1n) is 7.60. The van der Waals surface area contributed by atoms with Gasteiger partial charge >= 0.3 is 0 Å². The van der Waals surface area contributed by atoms with Gasteiger partial charge in [0.25, 0.3) is 0 Å². The molecular formula is C15H21N3O. The van der Waals surface area contributed by atoms with Gasteiger partial charge in [0, 0.05) is 30.3 Å². The molecule has 1 aromatic rings. The van der Waals surface area contributed by atoms with Gasteiger partial charge in [-0.2, -0.15) is 0 Å². The summed E-state index contributed by atoms with van der Waals surface area (Å²) in [5, 5.41) is 3.40. The maximum absolute atomic E-state index is 5.96. The lowest BCUT2D eigenvalue weighted by molar-refractivity contribution is 0.0998. The van der Waals surface area contributed by atoms with Crippen molar-refractivity contribution in [3.8, 4) is 0 Å². The summed E-state index contributed by atoms with van der Waals surface area (Å²) in [7, 11) is 0. The Morgan fingerprint density at radius 2 is 2.21 bits per heavy atom. The highest BCUT2D eigenvalue weighted by Gasteiger charge is 2.43. The van der Waals surface area contributed by atoms with Crippen molar-refractivity contribution in [2.45, 2.75) is 70.2 Å². The van der Waals surface area contributed by atoms with E-state index >= 15 is 0 Å². The van der Waals surface area contributed by atoms with Crippen molar-refractivity contribution in [1.82, 2.24) is 15.3 Å². The molecule has 0 radical (unpaired) electrons. The van der Waals surface area contributed by atoms with Gasteiger partial charge in [0.05, 0.1) is 17.9 Å². The average Bonchev–Trinajstić information content (AvgIpc) is 3.14. The van der Waals surface area contributed by atoms with Crippen LogP contribution in [0.3, 0.4) is 0 Å². The zero-order chi connectivity index (χ0) is 12.8. The molecule has 2 saturated heterocycles. The minimum absolute atomic E-state index is 0.381. The quantitative estimate of drug-likeness (QED) is 0.902. The average molecular weight is 259 g/mol. The number of rotatable bonds is 3. The minimum Gasteiger partial charge on any atom is -0.374 e. The number of nitrogens with zero attached hydrogens (tertiary/aromatic N) is 2. The molecule has 3 unspecified atom stereocenters. The second-order valence-electron chi connectivity index (χ2n) is 6.02. The maximum Gasteiger partial charge on any atom is 0.134 e. The van der Waals surface area contributed by atoms with E-state index in [1.807, 2.05) is 0 Å². The second kappa shape index (κ2) is 4.53. The molecule has 1 N–H and O–H groups in total. The SMILES string of the molecule is CCCc1nc(C2CC3CCC2O3)nc2c1CNC2. The molecule has 1 aromatic heterocycles. The van der Waals surface area contributed by atoms with E-state index in [0.29, 0.717) is 18.1 Å². The molecule has 4 heterocycles. The number of aryl methyl sites for hydroxylation is 1. The predicted octanol–water partition coefficient (Wildman–Crippen LogP) is 2.07. The predicted molar refractivity (Wildman–Crippen MR) is 71.8 cm³/mol. The Morgan fingerprint density at radius 1 is 1.26 bits per heavy atom. The van der Waals surface area contributed by atoms with Gasteiger partial charge < -0.3 is 10.1 Å². The van der Waals surface area contributed by atoms with Gasteiger partial charge in [0.1, 0.15) is 5.82 Å². The van der Waals surface area contributed by atoms with E-state index in [-0.39, 0.29) is 0 Å². The molecule has 3 aliphatic rings. The van der Waals surface area contributed by atoms with Gasteiger partial charge in [-0.25, -0.2) is 9.97 Å². The lowest BCUT2D eigenvalue weighted by Crippen LogP contribution is -2.19. The molecule has 102 valence electrons. The molecule has 0 aromatic carbocycles. The van der Waals surface area contributed by atoms with Crippen molar-refractivity contribution in [2.24, 2.45) is 0 Å². The van der Waals surface area contributed by atoms with Crippen molar-refractivity contribution < 1.29 is 4.74 Å². The largest absolute Gasteiger partial charge is 0.374 e. The van der Waals surface area contributed by atoms with Crippen molar-refractivity contribution >= 4 is 0 Å². The van der Waals surface area contributed by atoms with Crippen LogP contribution in [-0.4, -0.2) is 22.2 Å². The van der Waals surface area contributed by atoms with Gasteiger partial charge in [0.2, 0.25) is 0 Å². The van der Waals surface area contributed by atoms with Crippen LogP contribution in [0, 0.1) is 0 Å². The summed E-state index contributed by atoms with van der Waals surface area (Å²) in [5.41, 5.74) is 3.86. The van der Waals surface area contributed by atoms with E-state index in [1.165, 1.54) is 29.8 Å². The molecule has 3 atom stereocenters. The highest BCUT2D eigenvalue weighted by molar-refractivity contribution is 5.30. The van der Waals surface area contributed by atoms with Crippen molar-refractivity contribution in [2.75, 3.05) is 0 Å². The van der Waals surface area contributed by atoms with Crippen molar-refractivity contribution in [1.29, 1.82) is 0 Å². The Hall–Kier alpha value is -1.00. The zero-order valence-electron chi connectivity index (χ0n) is 11.5. The lowest BCUT2D eigenvalue weighted by Gasteiger charge is -2.19. The summed E-state index contributed by atoms with van der Waals surface area (Å²) in [6.07, 6.45) is 6.62. The van der Waals surface area contributed by atoms with Crippen LogP contribution in [0.2, 0.25) is 0 Å². The van der Waals surface area contributed by atoms with Crippen LogP contribution in [-0.2, 0) is 24.2 Å². The number of hydrogen-bond donors (Lipinski definition) is 1. The van der Waals surface area contributed by atoms with E-state index in [2.05, 4.69) is 12.2 Å². The van der Waals surface area contributed by atoms with Gasteiger partial charge in [-0.1, -0.05) is 13.3 Å². The lowest BCUT2D eigenvalue weighted by atomic mass is 9.88. The fourth-order valence-electron chi connectivity index (χ4n) is 3.78. The van der Waals surface area contributed by atoms with Gasteiger partial charge in [-0.05, 0) is 25.7 Å². The third-order valence-electron chi connectivity index (χ3n) is 4.71. The van der Waals surface area contributed by atoms with Crippen LogP contribution >= 0.6 is 0 Å². The molecule has 4 rings (SSSR count). The Labute approximate surface area is 114 Å². The summed E-state index contributed by atoms with van der Waals surface area (Å²) in [6.45, 7) is 4.07. The first kappa shape index (κ1) is 11.8. The fourth-order valence-corrected chi connectivity index (χ4v) is 3.78. The summed E-state index contributed by atoms with van der Waals surface area (Å²) in [6, 6.07) is 0. The van der Waals surface area contributed by atoms with Crippen LogP contribution < -0.4 is 5.32 Å². The highest BCUT2D eigenvalue weighted by Crippen LogP contribution is 2.43. The van der Waals surface area contributed by atoms with Crippen molar-refractivity contribution in [3.05, 3.63) is 22.8 Å². The van der Waals surface area contributed by atoms with E-state index in [4.69, 9.17) is 14.7 Å². The highest BCUT2D eigenvalue weighted by atomic mass is 16.5. The van der Waals surface area contributed by atoms with Crippen LogP contribution in [0.15, 0.2) is 0 Å². The number of hydrogen-bond acceptors (Lipinski definition) is 4. The van der Waals surface area contributed by atoms with Crippen LogP contribution in [0.1, 0.15) is 61.3 Å². The molecular weight excluding hydrogens is 238 g/mol. The monoisotopic (exact) mass is 259 g/mol. The fraction of sp³-hybridized carbons (Fsp3) is 0.733. The molecule has 2 bridgehead atoms. The van der Waals surface area contributed by atoms with E-state index in [1.54, 1.807) is 0 Å². The van der Waals surface area contributed by atoms with E-state index < -0.39 is 0 Å². The Kier molecular flexibility index (Phi) is 2.81. The first-order valence-corrected chi connectivity index (χ1v) is 7.60. The molecule has 0 amide bonds. The zero-order valence-corrected chi connectivity index (χ0v) is 11.5. The Morgan fingerprint density at radius 3 is 2.95 bits per heavy atom. The molecule has 2 fully saturated rings. The minimum atomic E-state index is 0.381. The third-order valence-corrected chi connectivity index (χ3v) is 4.71. The van der Waals surface area contributed by atoms with Crippen LogP contribution in [0.25, 0.3) is 0 Å². The molecule has 19 heavy (non-hydrogen) atoms. The van der Waals surface area contributed by atoms with Crippen molar-refractivity contribution in [3.63, 3.8) is 0 Å². The Balaban J connectivity index is 1.70. The summed E-state index contributed by atoms with van der Waals surface area (Å²) in [4.78, 5) is 9.75. The molecule has 4 nitrogen and oxygen atoms in total. The van der Waals surface area contributed by atoms with Gasteiger partial charge in [-0.15, -0.1) is 0 Å². The topological polar surface area (TPSA) is 47.0 Å². The molecule has 3 aliphatic heterocycles. The normalized spacial score (nSPS) is 31.9. The summed E-state index contributed by atoms with van der Waals surface area (Å²) >= 11 is 0. The molecule has 0 spiro atoms. The van der Waals surface area contributed by atoms with Gasteiger partial charge in [-0.3, -0.25) is 0 Å². The number of aromatic nitrogens is 2. The van der Waals surface area contributed by atoms with E-state index in [9.17, 15) is 0 Å². The van der Waals surface area contributed by atoms with Crippen LogP contribution in [0.4, 0.5) is 0 Å². The molecule has 4 heteroatoms. The molecule has 0 aliphatic carbocycles. The Bertz CT molecular complexity index is 502. The first-order chi connectivity index (χ1) is 9.35. The second-order valence-corrected chi connectivity index (χ2v) is 6.02. The summed E-state index contributed by atoms with van der Waals surface area (Å²) in [5.74, 6) is 1.50. The number of nitrogens with one attached hydrogen (secondary N) is 1.